The molecule has 0 radical (unpaired) electrons. The lowest BCUT2D eigenvalue weighted by molar-refractivity contribution is 0.0764. The Morgan fingerprint density at radius 1 is 1.61 bits per heavy atom. The molecule has 5 heteroatoms. The van der Waals surface area contributed by atoms with Crippen LogP contribution in [0.1, 0.15) is 18.5 Å². The van der Waals surface area contributed by atoms with Gasteiger partial charge >= 0.3 is 0 Å². The summed E-state index contributed by atoms with van der Waals surface area (Å²) in [5.74, 6) is 0. The SMILES string of the molecule is CC(N)c1ccc(N2CCOC(C#N)C2)c(Cl)c1. The van der Waals surface area contributed by atoms with E-state index in [2.05, 4.69) is 11.0 Å². The van der Waals surface area contributed by atoms with Gasteiger partial charge in [0, 0.05) is 12.6 Å². The lowest BCUT2D eigenvalue weighted by Gasteiger charge is -2.32. The number of morpholine rings is 1. The summed E-state index contributed by atoms with van der Waals surface area (Å²) in [5.41, 5.74) is 7.76. The number of nitrogens with two attached hydrogens (primary N) is 1. The topological polar surface area (TPSA) is 62.3 Å². The predicted molar refractivity (Wildman–Crippen MR) is 71.6 cm³/mol. The van der Waals surface area contributed by atoms with Gasteiger partial charge in [0.05, 0.1) is 29.9 Å². The van der Waals surface area contributed by atoms with Crippen molar-refractivity contribution < 1.29 is 4.74 Å². The van der Waals surface area contributed by atoms with Crippen molar-refractivity contribution in [2.24, 2.45) is 5.73 Å². The van der Waals surface area contributed by atoms with Crippen LogP contribution in [0.15, 0.2) is 18.2 Å². The number of anilines is 1. The van der Waals surface area contributed by atoms with Gasteiger partial charge in [-0.2, -0.15) is 5.26 Å². The number of hydrogen-bond acceptors (Lipinski definition) is 4. The Hall–Kier alpha value is -1.28. The summed E-state index contributed by atoms with van der Waals surface area (Å²) in [7, 11) is 0. The standard InChI is InChI=1S/C13H16ClN3O/c1-9(16)10-2-3-13(12(14)6-10)17-4-5-18-11(7-15)8-17/h2-3,6,9,11H,4-5,8,16H2,1H3. The Morgan fingerprint density at radius 2 is 2.39 bits per heavy atom. The molecule has 0 aliphatic carbocycles. The van der Waals surface area contributed by atoms with Gasteiger partial charge in [-0.3, -0.25) is 0 Å². The first kappa shape index (κ1) is 13.2. The highest BCUT2D eigenvalue weighted by Crippen LogP contribution is 2.29. The molecule has 0 saturated carbocycles. The van der Waals surface area contributed by atoms with Gasteiger partial charge in [0.2, 0.25) is 0 Å². The summed E-state index contributed by atoms with van der Waals surface area (Å²) in [4.78, 5) is 2.07. The van der Waals surface area contributed by atoms with Gasteiger partial charge in [-0.15, -0.1) is 0 Å². The molecule has 1 aliphatic heterocycles. The van der Waals surface area contributed by atoms with Gasteiger partial charge in [0.1, 0.15) is 0 Å². The van der Waals surface area contributed by atoms with Crippen LogP contribution >= 0.6 is 11.6 Å². The molecule has 0 amide bonds. The molecule has 1 aliphatic rings. The van der Waals surface area contributed by atoms with Crippen molar-refractivity contribution in [2.45, 2.75) is 19.1 Å². The molecule has 1 fully saturated rings. The zero-order valence-electron chi connectivity index (χ0n) is 10.3. The van der Waals surface area contributed by atoms with E-state index in [4.69, 9.17) is 27.3 Å². The number of benzene rings is 1. The molecule has 2 atom stereocenters. The Balaban J connectivity index is 2.21. The molecule has 1 saturated heterocycles. The summed E-state index contributed by atoms with van der Waals surface area (Å²) < 4.78 is 5.31. The lowest BCUT2D eigenvalue weighted by Crippen LogP contribution is -2.42. The Labute approximate surface area is 112 Å². The highest BCUT2D eigenvalue weighted by atomic mass is 35.5. The first-order valence-electron chi connectivity index (χ1n) is 5.93. The molecule has 2 N–H and O–H groups in total. The van der Waals surface area contributed by atoms with Gasteiger partial charge in [0.25, 0.3) is 0 Å². The second-order valence-electron chi connectivity index (χ2n) is 4.43. The van der Waals surface area contributed by atoms with Gasteiger partial charge in [0.15, 0.2) is 6.10 Å². The summed E-state index contributed by atoms with van der Waals surface area (Å²) in [6.07, 6.45) is -0.386. The first-order chi connectivity index (χ1) is 8.61. The monoisotopic (exact) mass is 265 g/mol. The average Bonchev–Trinajstić information content (AvgIpc) is 2.38. The quantitative estimate of drug-likeness (QED) is 0.889. The van der Waals surface area contributed by atoms with E-state index < -0.39 is 0 Å². The van der Waals surface area contributed by atoms with Crippen molar-refractivity contribution in [1.82, 2.24) is 0 Å². The molecule has 1 aromatic carbocycles. The minimum atomic E-state index is -0.386. The Morgan fingerprint density at radius 3 is 3.00 bits per heavy atom. The van der Waals surface area contributed by atoms with Gasteiger partial charge in [-0.05, 0) is 24.6 Å². The highest BCUT2D eigenvalue weighted by molar-refractivity contribution is 6.33. The zero-order chi connectivity index (χ0) is 13.1. The van der Waals surface area contributed by atoms with Crippen LogP contribution in [0.5, 0.6) is 0 Å². The number of rotatable bonds is 2. The minimum absolute atomic E-state index is 0.0342. The van der Waals surface area contributed by atoms with Crippen molar-refractivity contribution in [3.8, 4) is 6.07 Å². The fourth-order valence-electron chi connectivity index (χ4n) is 2.01. The highest BCUT2D eigenvalue weighted by Gasteiger charge is 2.21. The molecule has 18 heavy (non-hydrogen) atoms. The van der Waals surface area contributed by atoms with Crippen LogP contribution in [-0.4, -0.2) is 25.8 Å². The number of ether oxygens (including phenoxy) is 1. The lowest BCUT2D eigenvalue weighted by atomic mass is 10.1. The third-order valence-corrected chi connectivity index (χ3v) is 3.35. The van der Waals surface area contributed by atoms with Crippen molar-refractivity contribution in [3.05, 3.63) is 28.8 Å². The van der Waals surface area contributed by atoms with Crippen LogP contribution in [0.25, 0.3) is 0 Å². The second-order valence-corrected chi connectivity index (χ2v) is 4.84. The average molecular weight is 266 g/mol. The minimum Gasteiger partial charge on any atom is -0.364 e. The largest absolute Gasteiger partial charge is 0.364 e. The normalized spacial score (nSPS) is 21.4. The van der Waals surface area contributed by atoms with Gasteiger partial charge < -0.3 is 15.4 Å². The van der Waals surface area contributed by atoms with E-state index in [-0.39, 0.29) is 12.1 Å². The van der Waals surface area contributed by atoms with Crippen LogP contribution in [0.4, 0.5) is 5.69 Å². The molecule has 96 valence electrons. The molecule has 4 nitrogen and oxygen atoms in total. The van der Waals surface area contributed by atoms with Crippen molar-refractivity contribution in [2.75, 3.05) is 24.6 Å². The van der Waals surface area contributed by atoms with Crippen LogP contribution in [0.3, 0.4) is 0 Å². The summed E-state index contributed by atoms with van der Waals surface area (Å²) in [6.45, 7) is 3.76. The second kappa shape index (κ2) is 5.57. The van der Waals surface area contributed by atoms with E-state index in [0.29, 0.717) is 18.2 Å². The first-order valence-corrected chi connectivity index (χ1v) is 6.31. The number of nitrogens with zero attached hydrogens (tertiary/aromatic N) is 2. The Bertz CT molecular complexity index is 470. The summed E-state index contributed by atoms with van der Waals surface area (Å²) in [5, 5.41) is 9.56. The van der Waals surface area contributed by atoms with E-state index in [0.717, 1.165) is 17.8 Å². The molecular formula is C13H16ClN3O. The van der Waals surface area contributed by atoms with E-state index in [1.165, 1.54) is 0 Å². The fraction of sp³-hybridized carbons (Fsp3) is 0.462. The van der Waals surface area contributed by atoms with E-state index in [1.54, 1.807) is 0 Å². The smallest absolute Gasteiger partial charge is 0.161 e. The molecule has 0 spiro atoms. The third-order valence-electron chi connectivity index (χ3n) is 3.05. The fourth-order valence-corrected chi connectivity index (χ4v) is 2.32. The van der Waals surface area contributed by atoms with Crippen LogP contribution in [-0.2, 0) is 4.74 Å². The maximum Gasteiger partial charge on any atom is 0.161 e. The summed E-state index contributed by atoms with van der Waals surface area (Å²) in [6, 6.07) is 7.91. The number of halogens is 1. The van der Waals surface area contributed by atoms with E-state index >= 15 is 0 Å². The third kappa shape index (κ3) is 2.75. The molecule has 0 bridgehead atoms. The van der Waals surface area contributed by atoms with Gasteiger partial charge in [-0.25, -0.2) is 0 Å². The van der Waals surface area contributed by atoms with E-state index in [1.807, 2.05) is 25.1 Å². The predicted octanol–water partition coefficient (Wildman–Crippen LogP) is 2.09. The molecule has 1 aromatic rings. The van der Waals surface area contributed by atoms with Crippen LogP contribution in [0, 0.1) is 11.3 Å². The maximum absolute atomic E-state index is 8.89. The van der Waals surface area contributed by atoms with Crippen LogP contribution in [0.2, 0.25) is 5.02 Å². The van der Waals surface area contributed by atoms with Crippen LogP contribution < -0.4 is 10.6 Å². The molecule has 2 unspecified atom stereocenters. The zero-order valence-corrected chi connectivity index (χ0v) is 11.0. The maximum atomic E-state index is 8.89. The van der Waals surface area contributed by atoms with Gasteiger partial charge in [-0.1, -0.05) is 17.7 Å². The Kier molecular flexibility index (Phi) is 4.07. The molecule has 1 heterocycles. The molecule has 2 rings (SSSR count). The van der Waals surface area contributed by atoms with E-state index in [9.17, 15) is 0 Å². The van der Waals surface area contributed by atoms with Crippen molar-refractivity contribution in [1.29, 1.82) is 5.26 Å². The van der Waals surface area contributed by atoms with Crippen molar-refractivity contribution in [3.63, 3.8) is 0 Å². The number of nitriles is 1. The molecule has 0 aromatic heterocycles. The molecular weight excluding hydrogens is 250 g/mol. The summed E-state index contributed by atoms with van der Waals surface area (Å²) >= 11 is 6.28. The van der Waals surface area contributed by atoms with Crippen molar-refractivity contribution >= 4 is 17.3 Å². The number of hydrogen-bond donors (Lipinski definition) is 1.